The van der Waals surface area contributed by atoms with Crippen molar-refractivity contribution in [2.75, 3.05) is 13.2 Å². The third kappa shape index (κ3) is 4.71. The molecule has 0 amide bonds. The molecule has 1 aliphatic carbocycles. The highest BCUT2D eigenvalue weighted by Crippen LogP contribution is 2.36. The zero-order valence-corrected chi connectivity index (χ0v) is 18.4. The van der Waals surface area contributed by atoms with Gasteiger partial charge in [0.25, 0.3) is 0 Å². The van der Waals surface area contributed by atoms with Crippen LogP contribution in [0, 0.1) is 6.92 Å². The number of nitrogens with zero attached hydrogens (tertiary/aromatic N) is 3. The molecule has 2 unspecified atom stereocenters. The van der Waals surface area contributed by atoms with Gasteiger partial charge >= 0.3 is 5.97 Å². The molecule has 7 heteroatoms. The summed E-state index contributed by atoms with van der Waals surface area (Å²) in [6.07, 6.45) is 4.38. The molecule has 1 aromatic heterocycles. The van der Waals surface area contributed by atoms with Gasteiger partial charge in [-0.3, -0.25) is 9.58 Å². The van der Waals surface area contributed by atoms with Crippen LogP contribution in [0.2, 0.25) is 5.02 Å². The molecular formula is C23H30ClN3O3. The zero-order valence-electron chi connectivity index (χ0n) is 17.6. The van der Waals surface area contributed by atoms with Crippen molar-refractivity contribution in [3.05, 3.63) is 52.3 Å². The first kappa shape index (κ1) is 21.3. The maximum atomic E-state index is 11.6. The number of morpholine rings is 1. The summed E-state index contributed by atoms with van der Waals surface area (Å²) < 4.78 is 7.64. The maximum absolute atomic E-state index is 11.6. The topological polar surface area (TPSA) is 67.6 Å². The molecule has 2 fully saturated rings. The van der Waals surface area contributed by atoms with E-state index in [0.29, 0.717) is 25.1 Å². The lowest BCUT2D eigenvalue weighted by atomic mass is 9.82. The average Bonchev–Trinajstić information content (AvgIpc) is 3.08. The molecule has 30 heavy (non-hydrogen) atoms. The molecule has 2 aromatic rings. The minimum Gasteiger partial charge on any atom is -0.479 e. The standard InChI is InChI=1S/C23H30ClN3O3/c1-15-11-21(25-26(15)2)17-5-9-19(10-6-17)27-13-22(23(28)29)30-14-20(27)12-16-3-7-18(24)8-4-16/h3-4,7-8,11,17,19-20,22H,5-6,9-10,12-14H2,1-2H3,(H,28,29). The van der Waals surface area contributed by atoms with E-state index in [1.165, 1.54) is 17.0 Å². The number of hydrogen-bond donors (Lipinski definition) is 1. The zero-order chi connectivity index (χ0) is 21.3. The largest absolute Gasteiger partial charge is 0.479 e. The molecule has 2 aliphatic rings. The van der Waals surface area contributed by atoms with Gasteiger partial charge < -0.3 is 9.84 Å². The summed E-state index contributed by atoms with van der Waals surface area (Å²) in [5.74, 6) is -0.380. The van der Waals surface area contributed by atoms with E-state index in [2.05, 4.69) is 23.0 Å². The summed E-state index contributed by atoms with van der Waals surface area (Å²) in [7, 11) is 1.99. The Bertz CT molecular complexity index is 855. The van der Waals surface area contributed by atoms with Gasteiger partial charge in [0.05, 0.1) is 12.3 Å². The fraction of sp³-hybridized carbons (Fsp3) is 0.565. The first-order valence-corrected chi connectivity index (χ1v) is 11.1. The van der Waals surface area contributed by atoms with Crippen LogP contribution >= 0.6 is 11.6 Å². The summed E-state index contributed by atoms with van der Waals surface area (Å²) in [6, 6.07) is 10.7. The predicted octanol–water partition coefficient (Wildman–Crippen LogP) is 3.80. The number of hydrogen-bond acceptors (Lipinski definition) is 4. The molecule has 1 aliphatic heterocycles. The first-order valence-electron chi connectivity index (χ1n) is 10.8. The van der Waals surface area contributed by atoms with Crippen molar-refractivity contribution in [3.63, 3.8) is 0 Å². The summed E-state index contributed by atoms with van der Waals surface area (Å²) >= 11 is 6.03. The predicted molar refractivity (Wildman–Crippen MR) is 116 cm³/mol. The number of carbonyl (C=O) groups is 1. The number of ether oxygens (including phenoxy) is 1. The second kappa shape index (κ2) is 9.08. The molecule has 2 atom stereocenters. The molecule has 1 saturated heterocycles. The summed E-state index contributed by atoms with van der Waals surface area (Å²) in [5, 5.41) is 14.9. The first-order chi connectivity index (χ1) is 14.4. The SMILES string of the molecule is Cc1cc(C2CCC(N3CC(C(=O)O)OCC3Cc3ccc(Cl)cc3)CC2)nn1C. The van der Waals surface area contributed by atoms with Gasteiger partial charge in [-0.05, 0) is 62.8 Å². The Hall–Kier alpha value is -1.89. The number of aryl methyl sites for hydroxylation is 2. The Kier molecular flexibility index (Phi) is 6.46. The van der Waals surface area contributed by atoms with Gasteiger partial charge in [0.2, 0.25) is 0 Å². The second-order valence-electron chi connectivity index (χ2n) is 8.68. The quantitative estimate of drug-likeness (QED) is 0.779. The Labute approximate surface area is 182 Å². The molecule has 1 saturated carbocycles. The van der Waals surface area contributed by atoms with Crippen LogP contribution in [-0.2, 0) is 23.0 Å². The highest BCUT2D eigenvalue weighted by molar-refractivity contribution is 6.30. The molecule has 4 rings (SSSR count). The van der Waals surface area contributed by atoms with Crippen molar-refractivity contribution in [1.29, 1.82) is 0 Å². The van der Waals surface area contributed by atoms with Crippen LogP contribution in [0.1, 0.15) is 48.6 Å². The fourth-order valence-electron chi connectivity index (χ4n) is 4.87. The Morgan fingerprint density at radius 2 is 1.93 bits per heavy atom. The lowest BCUT2D eigenvalue weighted by Gasteiger charge is -2.45. The highest BCUT2D eigenvalue weighted by atomic mass is 35.5. The van der Waals surface area contributed by atoms with Gasteiger partial charge in [-0.1, -0.05) is 23.7 Å². The van der Waals surface area contributed by atoms with Crippen LogP contribution in [0.25, 0.3) is 0 Å². The number of carboxylic acid groups (broad SMARTS) is 1. The van der Waals surface area contributed by atoms with E-state index in [1.807, 2.05) is 36.0 Å². The molecule has 1 N–H and O–H groups in total. The van der Waals surface area contributed by atoms with Crippen molar-refractivity contribution in [3.8, 4) is 0 Å². The van der Waals surface area contributed by atoms with Gasteiger partial charge in [0.15, 0.2) is 6.10 Å². The maximum Gasteiger partial charge on any atom is 0.334 e. The number of benzene rings is 1. The van der Waals surface area contributed by atoms with E-state index in [-0.39, 0.29) is 6.04 Å². The van der Waals surface area contributed by atoms with Gasteiger partial charge in [0.1, 0.15) is 0 Å². The summed E-state index contributed by atoms with van der Waals surface area (Å²) in [5.41, 5.74) is 3.58. The number of aromatic nitrogens is 2. The van der Waals surface area contributed by atoms with Crippen LogP contribution < -0.4 is 0 Å². The van der Waals surface area contributed by atoms with Gasteiger partial charge in [-0.15, -0.1) is 0 Å². The molecular weight excluding hydrogens is 402 g/mol. The lowest BCUT2D eigenvalue weighted by molar-refractivity contribution is -0.162. The Balaban J connectivity index is 1.45. The van der Waals surface area contributed by atoms with Crippen molar-refractivity contribution in [2.24, 2.45) is 7.05 Å². The van der Waals surface area contributed by atoms with E-state index in [0.717, 1.165) is 37.1 Å². The second-order valence-corrected chi connectivity index (χ2v) is 9.12. The molecule has 0 spiro atoms. The summed E-state index contributed by atoms with van der Waals surface area (Å²) in [4.78, 5) is 14.0. The number of aliphatic carboxylic acids is 1. The molecule has 1 aromatic carbocycles. The van der Waals surface area contributed by atoms with E-state index >= 15 is 0 Å². The van der Waals surface area contributed by atoms with Crippen LogP contribution in [-0.4, -0.2) is 57.1 Å². The summed E-state index contributed by atoms with van der Waals surface area (Å²) in [6.45, 7) is 2.98. The van der Waals surface area contributed by atoms with Crippen LogP contribution in [0.5, 0.6) is 0 Å². The van der Waals surface area contributed by atoms with E-state index in [9.17, 15) is 9.90 Å². The number of halogens is 1. The Morgan fingerprint density at radius 3 is 2.53 bits per heavy atom. The number of carboxylic acids is 1. The third-order valence-electron chi connectivity index (χ3n) is 6.71. The molecule has 0 radical (unpaired) electrons. The molecule has 0 bridgehead atoms. The van der Waals surface area contributed by atoms with Gasteiger partial charge in [0, 0.05) is 42.3 Å². The minimum absolute atomic E-state index is 0.181. The third-order valence-corrected chi connectivity index (χ3v) is 6.96. The van der Waals surface area contributed by atoms with Gasteiger partial charge in [-0.25, -0.2) is 4.79 Å². The van der Waals surface area contributed by atoms with Crippen LogP contribution in [0.3, 0.4) is 0 Å². The van der Waals surface area contributed by atoms with Gasteiger partial charge in [-0.2, -0.15) is 5.10 Å². The van der Waals surface area contributed by atoms with Crippen molar-refractivity contribution < 1.29 is 14.6 Å². The van der Waals surface area contributed by atoms with Crippen molar-refractivity contribution in [1.82, 2.24) is 14.7 Å². The number of rotatable bonds is 5. The molecule has 2 heterocycles. The van der Waals surface area contributed by atoms with Crippen LogP contribution in [0.4, 0.5) is 0 Å². The highest BCUT2D eigenvalue weighted by Gasteiger charge is 2.38. The van der Waals surface area contributed by atoms with Crippen molar-refractivity contribution >= 4 is 17.6 Å². The minimum atomic E-state index is -0.873. The molecule has 6 nitrogen and oxygen atoms in total. The van der Waals surface area contributed by atoms with Crippen molar-refractivity contribution in [2.45, 2.75) is 63.1 Å². The van der Waals surface area contributed by atoms with E-state index < -0.39 is 12.1 Å². The molecule has 162 valence electrons. The monoisotopic (exact) mass is 431 g/mol. The lowest BCUT2D eigenvalue weighted by Crippen LogP contribution is -2.57. The Morgan fingerprint density at radius 1 is 1.23 bits per heavy atom. The normalized spacial score (nSPS) is 27.8. The van der Waals surface area contributed by atoms with E-state index in [1.54, 1.807) is 0 Å². The van der Waals surface area contributed by atoms with E-state index in [4.69, 9.17) is 16.3 Å². The average molecular weight is 432 g/mol. The smallest absolute Gasteiger partial charge is 0.334 e. The fourth-order valence-corrected chi connectivity index (χ4v) is 5.00. The van der Waals surface area contributed by atoms with Crippen LogP contribution in [0.15, 0.2) is 30.3 Å².